The fraction of sp³-hybridized carbons (Fsp3) is 0.211. The number of amides is 1. The van der Waals surface area contributed by atoms with Gasteiger partial charge in [-0.3, -0.25) is 9.20 Å². The minimum atomic E-state index is -0.160. The summed E-state index contributed by atoms with van der Waals surface area (Å²) in [5, 5.41) is 4.15. The van der Waals surface area contributed by atoms with E-state index in [1.54, 1.807) is 6.20 Å². The molecular formula is C19H19N5O. The molecule has 1 amide bonds. The van der Waals surface area contributed by atoms with Crippen molar-refractivity contribution < 1.29 is 4.79 Å². The fourth-order valence-electron chi connectivity index (χ4n) is 3.14. The molecule has 0 bridgehead atoms. The molecule has 0 aliphatic heterocycles. The van der Waals surface area contributed by atoms with Crippen LogP contribution < -0.4 is 5.32 Å². The van der Waals surface area contributed by atoms with Gasteiger partial charge in [-0.15, -0.1) is 0 Å². The summed E-state index contributed by atoms with van der Waals surface area (Å²) in [7, 11) is 1.91. The van der Waals surface area contributed by atoms with Crippen molar-refractivity contribution >= 4 is 22.6 Å². The van der Waals surface area contributed by atoms with Gasteiger partial charge in [0.1, 0.15) is 5.69 Å². The lowest BCUT2D eigenvalue weighted by Crippen LogP contribution is -2.29. The second-order valence-corrected chi connectivity index (χ2v) is 6.07. The Kier molecular flexibility index (Phi) is 3.72. The Balaban J connectivity index is 1.64. The van der Waals surface area contributed by atoms with E-state index in [1.165, 1.54) is 0 Å². The second-order valence-electron chi connectivity index (χ2n) is 6.07. The van der Waals surface area contributed by atoms with E-state index in [2.05, 4.69) is 15.3 Å². The molecular weight excluding hydrogens is 314 g/mol. The van der Waals surface area contributed by atoms with Crippen LogP contribution in [0.3, 0.4) is 0 Å². The number of aromatic nitrogens is 4. The Morgan fingerprint density at radius 1 is 1.28 bits per heavy atom. The Morgan fingerprint density at radius 2 is 2.12 bits per heavy atom. The summed E-state index contributed by atoms with van der Waals surface area (Å²) < 4.78 is 3.78. The van der Waals surface area contributed by atoms with Gasteiger partial charge in [-0.25, -0.2) is 9.97 Å². The lowest BCUT2D eigenvalue weighted by Gasteiger charge is -2.15. The van der Waals surface area contributed by atoms with Crippen molar-refractivity contribution in [3.63, 3.8) is 0 Å². The fourth-order valence-corrected chi connectivity index (χ4v) is 3.14. The lowest BCUT2D eigenvalue weighted by molar-refractivity contribution is 0.0927. The highest BCUT2D eigenvalue weighted by molar-refractivity contribution is 5.98. The summed E-state index contributed by atoms with van der Waals surface area (Å²) in [5.74, 6) is 0.533. The van der Waals surface area contributed by atoms with Gasteiger partial charge >= 0.3 is 0 Å². The van der Waals surface area contributed by atoms with Gasteiger partial charge in [-0.05, 0) is 24.6 Å². The summed E-state index contributed by atoms with van der Waals surface area (Å²) in [5.41, 5.74) is 2.49. The minimum Gasteiger partial charge on any atom is -0.342 e. The first-order valence-electron chi connectivity index (χ1n) is 8.32. The number of carbonyl (C=O) groups excluding carboxylic acids is 1. The van der Waals surface area contributed by atoms with Crippen LogP contribution in [0.15, 0.2) is 55.0 Å². The van der Waals surface area contributed by atoms with E-state index in [0.29, 0.717) is 11.5 Å². The SMILES string of the molecule is CC[C@H](NC(=O)c1cc2ccccc2n1C)c1cn2cccnc2n1. The van der Waals surface area contributed by atoms with Crippen LogP contribution in [0.5, 0.6) is 0 Å². The molecule has 0 saturated heterocycles. The van der Waals surface area contributed by atoms with Gasteiger partial charge in [0.05, 0.1) is 11.7 Å². The standard InChI is InChI=1S/C19H19N5O/c1-3-14(15-12-24-10-6-9-20-19(24)22-15)21-18(25)17-11-13-7-4-5-8-16(13)23(17)2/h4-12,14H,3H2,1-2H3,(H,21,25)/t14-/m0/s1. The lowest BCUT2D eigenvalue weighted by atomic mass is 10.1. The number of nitrogens with zero attached hydrogens (tertiary/aromatic N) is 4. The zero-order valence-corrected chi connectivity index (χ0v) is 14.2. The number of rotatable bonds is 4. The molecule has 0 radical (unpaired) electrons. The number of hydrogen-bond acceptors (Lipinski definition) is 3. The van der Waals surface area contributed by atoms with Crippen LogP contribution in [-0.2, 0) is 7.05 Å². The van der Waals surface area contributed by atoms with Crippen LogP contribution in [0.25, 0.3) is 16.7 Å². The molecule has 3 heterocycles. The van der Waals surface area contributed by atoms with Crippen molar-refractivity contribution in [3.8, 4) is 0 Å². The predicted molar refractivity (Wildman–Crippen MR) is 96.4 cm³/mol. The molecule has 6 nitrogen and oxygen atoms in total. The topological polar surface area (TPSA) is 64.2 Å². The maximum absolute atomic E-state index is 12.8. The van der Waals surface area contributed by atoms with Crippen molar-refractivity contribution in [2.75, 3.05) is 0 Å². The van der Waals surface area contributed by atoms with Crippen molar-refractivity contribution in [1.29, 1.82) is 0 Å². The first-order valence-corrected chi connectivity index (χ1v) is 8.32. The highest BCUT2D eigenvalue weighted by Gasteiger charge is 2.20. The van der Waals surface area contributed by atoms with E-state index in [1.807, 2.05) is 71.7 Å². The number of benzene rings is 1. The summed E-state index contributed by atoms with van der Waals surface area (Å²) in [4.78, 5) is 21.6. The molecule has 0 unspecified atom stereocenters. The van der Waals surface area contributed by atoms with E-state index in [4.69, 9.17) is 0 Å². The average molecular weight is 333 g/mol. The zero-order valence-electron chi connectivity index (χ0n) is 14.2. The van der Waals surface area contributed by atoms with E-state index >= 15 is 0 Å². The van der Waals surface area contributed by atoms with E-state index < -0.39 is 0 Å². The molecule has 1 aromatic carbocycles. The third kappa shape index (κ3) is 2.65. The third-order valence-electron chi connectivity index (χ3n) is 4.51. The predicted octanol–water partition coefficient (Wildman–Crippen LogP) is 3.10. The maximum atomic E-state index is 12.8. The molecule has 1 N–H and O–H groups in total. The van der Waals surface area contributed by atoms with Gasteiger partial charge < -0.3 is 9.88 Å². The molecule has 0 saturated carbocycles. The van der Waals surface area contributed by atoms with Crippen LogP contribution >= 0.6 is 0 Å². The van der Waals surface area contributed by atoms with Gasteiger partial charge in [-0.2, -0.15) is 0 Å². The largest absolute Gasteiger partial charge is 0.342 e. The second kappa shape index (κ2) is 6.05. The monoisotopic (exact) mass is 333 g/mol. The van der Waals surface area contributed by atoms with Crippen LogP contribution in [0.1, 0.15) is 35.6 Å². The average Bonchev–Trinajstić information content (AvgIpc) is 3.21. The molecule has 0 spiro atoms. The van der Waals surface area contributed by atoms with E-state index in [9.17, 15) is 4.79 Å². The Labute approximate surface area is 145 Å². The molecule has 0 aliphatic rings. The van der Waals surface area contributed by atoms with E-state index in [0.717, 1.165) is 23.0 Å². The Morgan fingerprint density at radius 3 is 2.88 bits per heavy atom. The molecule has 25 heavy (non-hydrogen) atoms. The highest BCUT2D eigenvalue weighted by atomic mass is 16.2. The summed E-state index contributed by atoms with van der Waals surface area (Å²) >= 11 is 0. The van der Waals surface area contributed by atoms with Crippen molar-refractivity contribution in [3.05, 3.63) is 66.4 Å². The number of nitrogens with one attached hydrogen (secondary N) is 1. The van der Waals surface area contributed by atoms with Gasteiger partial charge in [-0.1, -0.05) is 25.1 Å². The van der Waals surface area contributed by atoms with Gasteiger partial charge in [0, 0.05) is 36.5 Å². The molecule has 126 valence electrons. The molecule has 4 aromatic rings. The van der Waals surface area contributed by atoms with Crippen LogP contribution in [0.2, 0.25) is 0 Å². The van der Waals surface area contributed by atoms with Crippen molar-refractivity contribution in [2.24, 2.45) is 7.05 Å². The minimum absolute atomic E-state index is 0.101. The molecule has 6 heteroatoms. The van der Waals surface area contributed by atoms with Crippen LogP contribution in [0.4, 0.5) is 0 Å². The van der Waals surface area contributed by atoms with Crippen LogP contribution in [0, 0.1) is 0 Å². The first-order chi connectivity index (χ1) is 12.2. The number of imidazole rings is 1. The summed E-state index contributed by atoms with van der Waals surface area (Å²) in [6.45, 7) is 2.03. The number of aryl methyl sites for hydroxylation is 1. The smallest absolute Gasteiger partial charge is 0.268 e. The normalized spacial score (nSPS) is 12.6. The molecule has 3 aromatic heterocycles. The molecule has 4 rings (SSSR count). The van der Waals surface area contributed by atoms with Crippen LogP contribution in [-0.4, -0.2) is 24.8 Å². The van der Waals surface area contributed by atoms with Gasteiger partial charge in [0.15, 0.2) is 0 Å². The third-order valence-corrected chi connectivity index (χ3v) is 4.51. The Bertz CT molecular complexity index is 1030. The highest BCUT2D eigenvalue weighted by Crippen LogP contribution is 2.20. The van der Waals surface area contributed by atoms with Gasteiger partial charge in [0.2, 0.25) is 5.78 Å². The van der Waals surface area contributed by atoms with Crippen molar-refractivity contribution in [1.82, 2.24) is 24.3 Å². The first kappa shape index (κ1) is 15.4. The number of fused-ring (bicyclic) bond motifs is 2. The molecule has 1 atom stereocenters. The van der Waals surface area contributed by atoms with Gasteiger partial charge in [0.25, 0.3) is 5.91 Å². The Hall–Kier alpha value is -3.15. The summed E-state index contributed by atoms with van der Waals surface area (Å²) in [6, 6.07) is 11.6. The maximum Gasteiger partial charge on any atom is 0.268 e. The van der Waals surface area contributed by atoms with E-state index in [-0.39, 0.29) is 11.9 Å². The number of carbonyl (C=O) groups is 1. The zero-order chi connectivity index (χ0) is 17.4. The number of hydrogen-bond donors (Lipinski definition) is 1. The van der Waals surface area contributed by atoms with Crippen molar-refractivity contribution in [2.45, 2.75) is 19.4 Å². The molecule has 0 aliphatic carbocycles. The summed E-state index contributed by atoms with van der Waals surface area (Å²) in [6.07, 6.45) is 6.27. The number of para-hydroxylation sites is 1. The quantitative estimate of drug-likeness (QED) is 0.624. The molecule has 0 fully saturated rings.